The second kappa shape index (κ2) is 7.39. The first kappa shape index (κ1) is 17.0. The third-order valence-electron chi connectivity index (χ3n) is 4.30. The van der Waals surface area contributed by atoms with E-state index in [0.29, 0.717) is 5.92 Å². The van der Waals surface area contributed by atoms with Crippen molar-refractivity contribution in [2.45, 2.75) is 26.7 Å². The molecular formula is C22H23NO2. The Morgan fingerprint density at radius 3 is 2.60 bits per heavy atom. The first-order chi connectivity index (χ1) is 12.0. The van der Waals surface area contributed by atoms with Gasteiger partial charge in [-0.1, -0.05) is 62.4 Å². The largest absolute Gasteiger partial charge is 0.483 e. The molecule has 0 unspecified atom stereocenters. The minimum absolute atomic E-state index is 0.00832. The van der Waals surface area contributed by atoms with Crippen molar-refractivity contribution in [3.8, 4) is 5.75 Å². The predicted octanol–water partition coefficient (Wildman–Crippen LogP) is 5.29. The molecule has 0 spiro atoms. The average Bonchev–Trinajstić information content (AvgIpc) is 2.61. The van der Waals surface area contributed by atoms with Gasteiger partial charge in [0.15, 0.2) is 6.61 Å². The van der Waals surface area contributed by atoms with Crippen LogP contribution in [0.1, 0.15) is 30.9 Å². The van der Waals surface area contributed by atoms with Crippen molar-refractivity contribution in [2.24, 2.45) is 0 Å². The molecule has 0 aliphatic carbocycles. The molecule has 3 heteroatoms. The summed E-state index contributed by atoms with van der Waals surface area (Å²) in [5, 5.41) is 5.07. The lowest BCUT2D eigenvalue weighted by Crippen LogP contribution is -2.20. The van der Waals surface area contributed by atoms with E-state index >= 15 is 0 Å². The zero-order valence-corrected chi connectivity index (χ0v) is 14.9. The summed E-state index contributed by atoms with van der Waals surface area (Å²) in [4.78, 5) is 12.3. The van der Waals surface area contributed by atoms with Gasteiger partial charge in [0.05, 0.1) is 0 Å². The molecule has 3 nitrogen and oxygen atoms in total. The summed E-state index contributed by atoms with van der Waals surface area (Å²) in [5.41, 5.74) is 3.04. The van der Waals surface area contributed by atoms with Gasteiger partial charge < -0.3 is 10.1 Å². The number of fused-ring (bicyclic) bond motifs is 1. The smallest absolute Gasteiger partial charge is 0.262 e. The fourth-order valence-corrected chi connectivity index (χ4v) is 2.80. The number of carbonyl (C=O) groups excluding carboxylic acids is 1. The Kier molecular flexibility index (Phi) is 5.03. The van der Waals surface area contributed by atoms with Crippen LogP contribution in [0.25, 0.3) is 10.8 Å². The summed E-state index contributed by atoms with van der Waals surface area (Å²) >= 11 is 0. The zero-order valence-electron chi connectivity index (χ0n) is 14.9. The molecule has 0 heterocycles. The van der Waals surface area contributed by atoms with Crippen LogP contribution >= 0.6 is 0 Å². The summed E-state index contributed by atoms with van der Waals surface area (Å²) in [7, 11) is 0. The lowest BCUT2D eigenvalue weighted by atomic mass is 10.0. The van der Waals surface area contributed by atoms with Crippen LogP contribution in [0.15, 0.2) is 60.7 Å². The molecule has 0 bridgehead atoms. The number of carbonyl (C=O) groups is 1. The minimum atomic E-state index is -0.161. The molecule has 25 heavy (non-hydrogen) atoms. The van der Waals surface area contributed by atoms with E-state index < -0.39 is 0 Å². The van der Waals surface area contributed by atoms with Crippen LogP contribution < -0.4 is 10.1 Å². The molecule has 0 atom stereocenters. The Morgan fingerprint density at radius 1 is 1.04 bits per heavy atom. The third-order valence-corrected chi connectivity index (χ3v) is 4.30. The summed E-state index contributed by atoms with van der Waals surface area (Å²) in [6, 6.07) is 20.0. The molecule has 0 aromatic heterocycles. The van der Waals surface area contributed by atoms with E-state index in [1.807, 2.05) is 61.5 Å². The van der Waals surface area contributed by atoms with Crippen LogP contribution in [0.4, 0.5) is 5.69 Å². The molecule has 0 aliphatic rings. The van der Waals surface area contributed by atoms with Crippen molar-refractivity contribution >= 4 is 22.4 Å². The lowest BCUT2D eigenvalue weighted by molar-refractivity contribution is -0.118. The normalized spacial score (nSPS) is 10.9. The lowest BCUT2D eigenvalue weighted by Gasteiger charge is -2.13. The average molecular weight is 333 g/mol. The van der Waals surface area contributed by atoms with Crippen molar-refractivity contribution < 1.29 is 9.53 Å². The number of ether oxygens (including phenoxy) is 1. The zero-order chi connectivity index (χ0) is 17.8. The van der Waals surface area contributed by atoms with Gasteiger partial charge in [0.25, 0.3) is 5.91 Å². The van der Waals surface area contributed by atoms with E-state index in [0.717, 1.165) is 27.8 Å². The summed E-state index contributed by atoms with van der Waals surface area (Å²) in [6.45, 7) is 6.26. The van der Waals surface area contributed by atoms with Gasteiger partial charge in [0.1, 0.15) is 5.75 Å². The fourth-order valence-electron chi connectivity index (χ4n) is 2.80. The van der Waals surface area contributed by atoms with Crippen molar-refractivity contribution in [1.29, 1.82) is 0 Å². The van der Waals surface area contributed by atoms with E-state index in [9.17, 15) is 4.79 Å². The second-order valence-corrected chi connectivity index (χ2v) is 6.54. The van der Waals surface area contributed by atoms with Gasteiger partial charge in [0.2, 0.25) is 0 Å². The molecule has 0 fully saturated rings. The highest BCUT2D eigenvalue weighted by Gasteiger charge is 2.09. The van der Waals surface area contributed by atoms with Crippen LogP contribution in [-0.4, -0.2) is 12.5 Å². The molecule has 3 rings (SSSR count). The number of nitrogens with one attached hydrogen (secondary N) is 1. The first-order valence-electron chi connectivity index (χ1n) is 8.55. The van der Waals surface area contributed by atoms with Crippen molar-refractivity contribution in [1.82, 2.24) is 0 Å². The van der Waals surface area contributed by atoms with E-state index in [4.69, 9.17) is 4.74 Å². The van der Waals surface area contributed by atoms with Gasteiger partial charge in [0, 0.05) is 11.1 Å². The van der Waals surface area contributed by atoms with E-state index in [2.05, 4.69) is 25.2 Å². The van der Waals surface area contributed by atoms with Crippen molar-refractivity contribution in [3.63, 3.8) is 0 Å². The highest BCUT2D eigenvalue weighted by molar-refractivity contribution is 6.02. The number of benzene rings is 3. The van der Waals surface area contributed by atoms with Crippen molar-refractivity contribution in [2.75, 3.05) is 11.9 Å². The number of amides is 1. The van der Waals surface area contributed by atoms with Gasteiger partial charge in [-0.2, -0.15) is 0 Å². The van der Waals surface area contributed by atoms with Crippen LogP contribution in [0.2, 0.25) is 0 Å². The quantitative estimate of drug-likeness (QED) is 0.689. The number of anilines is 1. The SMILES string of the molecule is Cc1ccc(C(C)C)cc1OCC(=O)Nc1cccc2ccccc12. The summed E-state index contributed by atoms with van der Waals surface area (Å²) < 4.78 is 5.76. The number of hydrogen-bond acceptors (Lipinski definition) is 2. The summed E-state index contributed by atoms with van der Waals surface area (Å²) in [5.74, 6) is 1.03. The second-order valence-electron chi connectivity index (χ2n) is 6.54. The first-order valence-corrected chi connectivity index (χ1v) is 8.55. The maximum atomic E-state index is 12.3. The molecule has 0 radical (unpaired) electrons. The minimum Gasteiger partial charge on any atom is -0.483 e. The molecule has 0 saturated heterocycles. The van der Waals surface area contributed by atoms with Gasteiger partial charge >= 0.3 is 0 Å². The van der Waals surface area contributed by atoms with Gasteiger partial charge in [-0.15, -0.1) is 0 Å². The third kappa shape index (κ3) is 4.00. The van der Waals surface area contributed by atoms with Gasteiger partial charge in [-0.05, 0) is 41.5 Å². The van der Waals surface area contributed by atoms with E-state index in [1.165, 1.54) is 5.56 Å². The molecule has 128 valence electrons. The molecular weight excluding hydrogens is 310 g/mol. The predicted molar refractivity (Wildman–Crippen MR) is 103 cm³/mol. The highest BCUT2D eigenvalue weighted by atomic mass is 16.5. The Bertz CT molecular complexity index is 894. The topological polar surface area (TPSA) is 38.3 Å². The molecule has 1 amide bonds. The number of rotatable bonds is 5. The maximum Gasteiger partial charge on any atom is 0.262 e. The van der Waals surface area contributed by atoms with Crippen LogP contribution in [-0.2, 0) is 4.79 Å². The Morgan fingerprint density at radius 2 is 1.80 bits per heavy atom. The van der Waals surface area contributed by atoms with E-state index in [-0.39, 0.29) is 12.5 Å². The van der Waals surface area contributed by atoms with Crippen LogP contribution in [0, 0.1) is 6.92 Å². The van der Waals surface area contributed by atoms with Gasteiger partial charge in [-0.25, -0.2) is 0 Å². The standard InChI is InChI=1S/C22H23NO2/c1-15(2)18-12-11-16(3)21(13-18)25-14-22(24)23-20-10-6-8-17-7-4-5-9-19(17)20/h4-13,15H,14H2,1-3H3,(H,23,24). The molecule has 3 aromatic carbocycles. The Balaban J connectivity index is 1.70. The maximum absolute atomic E-state index is 12.3. The number of hydrogen-bond donors (Lipinski definition) is 1. The highest BCUT2D eigenvalue weighted by Crippen LogP contribution is 2.25. The fraction of sp³-hybridized carbons (Fsp3) is 0.227. The monoisotopic (exact) mass is 333 g/mol. The van der Waals surface area contributed by atoms with Crippen LogP contribution in [0.3, 0.4) is 0 Å². The van der Waals surface area contributed by atoms with E-state index in [1.54, 1.807) is 0 Å². The Hall–Kier alpha value is -2.81. The van der Waals surface area contributed by atoms with Gasteiger partial charge in [-0.3, -0.25) is 4.79 Å². The molecule has 1 N–H and O–H groups in total. The van der Waals surface area contributed by atoms with Crippen molar-refractivity contribution in [3.05, 3.63) is 71.8 Å². The number of aryl methyl sites for hydroxylation is 1. The summed E-state index contributed by atoms with van der Waals surface area (Å²) in [6.07, 6.45) is 0. The van der Waals surface area contributed by atoms with Crippen LogP contribution in [0.5, 0.6) is 5.75 Å². The molecule has 0 aliphatic heterocycles. The molecule has 0 saturated carbocycles. The molecule has 3 aromatic rings. The Labute approximate surface area is 148 Å².